The Hall–Kier alpha value is -1.50. The van der Waals surface area contributed by atoms with Gasteiger partial charge in [-0.2, -0.15) is 0 Å². The van der Waals surface area contributed by atoms with Gasteiger partial charge in [-0.15, -0.1) is 0 Å². The van der Waals surface area contributed by atoms with E-state index in [9.17, 15) is 4.79 Å². The zero-order valence-corrected chi connectivity index (χ0v) is 17.5. The van der Waals surface area contributed by atoms with Gasteiger partial charge in [0.15, 0.2) is 0 Å². The maximum absolute atomic E-state index is 11.1. The van der Waals surface area contributed by atoms with Crippen LogP contribution >= 0.6 is 0 Å². The summed E-state index contributed by atoms with van der Waals surface area (Å²) < 4.78 is 6.41. The smallest absolute Gasteiger partial charge is 0.267 e. The van der Waals surface area contributed by atoms with Crippen LogP contribution in [0.1, 0.15) is 62.0 Å². The summed E-state index contributed by atoms with van der Waals surface area (Å²) >= 11 is 0. The second kappa shape index (κ2) is 10.3. The lowest BCUT2D eigenvalue weighted by Gasteiger charge is -2.38. The van der Waals surface area contributed by atoms with Crippen molar-refractivity contribution in [2.24, 2.45) is 5.73 Å². The number of amides is 1. The minimum absolute atomic E-state index is 0.334. The van der Waals surface area contributed by atoms with Crippen LogP contribution in [0.2, 0.25) is 0 Å². The van der Waals surface area contributed by atoms with Crippen molar-refractivity contribution >= 4 is 5.91 Å². The molecule has 2 saturated heterocycles. The van der Waals surface area contributed by atoms with Crippen LogP contribution in [-0.4, -0.2) is 71.7 Å². The number of hydrogen-bond acceptors (Lipinski definition) is 5. The molecule has 0 unspecified atom stereocenters. The van der Waals surface area contributed by atoms with E-state index in [1.807, 2.05) is 6.07 Å². The number of ether oxygens (including phenoxy) is 1. The first-order chi connectivity index (χ1) is 13.5. The summed E-state index contributed by atoms with van der Waals surface area (Å²) in [5.74, 6) is -0.470. The summed E-state index contributed by atoms with van der Waals surface area (Å²) in [5.41, 5.74) is 6.73. The number of nitrogens with zero attached hydrogens (tertiary/aromatic N) is 3. The normalized spacial score (nSPS) is 20.7. The van der Waals surface area contributed by atoms with Gasteiger partial charge in [-0.1, -0.05) is 6.07 Å². The lowest BCUT2D eigenvalue weighted by molar-refractivity contribution is -0.0674. The third kappa shape index (κ3) is 6.26. The molecule has 1 amide bonds. The number of likely N-dealkylation sites (tertiary alicyclic amines) is 2. The molecule has 0 aliphatic carbocycles. The molecule has 28 heavy (non-hydrogen) atoms. The summed E-state index contributed by atoms with van der Waals surface area (Å²) in [4.78, 5) is 20.3. The van der Waals surface area contributed by atoms with Crippen molar-refractivity contribution in [3.8, 4) is 0 Å². The molecule has 156 valence electrons. The molecule has 6 nitrogen and oxygen atoms in total. The average Bonchev–Trinajstić information content (AvgIpc) is 2.70. The molecule has 1 aromatic heterocycles. The Labute approximate surface area is 169 Å². The number of primary amides is 1. The van der Waals surface area contributed by atoms with Gasteiger partial charge in [-0.25, -0.2) is 0 Å². The maximum atomic E-state index is 11.1. The van der Waals surface area contributed by atoms with E-state index in [4.69, 9.17) is 10.5 Å². The first-order valence-electron chi connectivity index (χ1n) is 10.9. The molecule has 3 rings (SSSR count). The first kappa shape index (κ1) is 21.2. The Morgan fingerprint density at radius 3 is 2.32 bits per heavy atom. The maximum Gasteiger partial charge on any atom is 0.267 e. The first-order valence-corrected chi connectivity index (χ1v) is 10.9. The summed E-state index contributed by atoms with van der Waals surface area (Å²) in [6.45, 7) is 10.3. The molecule has 2 aliphatic rings. The van der Waals surface area contributed by atoms with Crippen LogP contribution in [0.5, 0.6) is 0 Å². The van der Waals surface area contributed by atoms with Gasteiger partial charge in [0.1, 0.15) is 5.69 Å². The fraction of sp³-hybridized carbons (Fsp3) is 0.727. The van der Waals surface area contributed by atoms with Gasteiger partial charge in [0, 0.05) is 38.4 Å². The van der Waals surface area contributed by atoms with Crippen molar-refractivity contribution in [3.05, 3.63) is 29.6 Å². The van der Waals surface area contributed by atoms with Crippen LogP contribution in [-0.2, 0) is 11.2 Å². The molecule has 2 aliphatic heterocycles. The summed E-state index contributed by atoms with van der Waals surface area (Å²) in [6, 6.07) is 4.32. The van der Waals surface area contributed by atoms with E-state index in [-0.39, 0.29) is 0 Å². The lowest BCUT2D eigenvalue weighted by Crippen LogP contribution is -2.44. The Bertz CT molecular complexity index is 603. The van der Waals surface area contributed by atoms with Crippen LogP contribution in [0.15, 0.2) is 18.3 Å². The number of carbonyl (C=O) groups is 1. The number of carbonyl (C=O) groups excluding carboxylic acids is 1. The fourth-order valence-corrected chi connectivity index (χ4v) is 4.29. The molecular weight excluding hydrogens is 352 g/mol. The van der Waals surface area contributed by atoms with Crippen molar-refractivity contribution in [1.29, 1.82) is 0 Å². The molecule has 2 N–H and O–H groups in total. The number of pyridine rings is 1. The zero-order chi connectivity index (χ0) is 19.9. The lowest BCUT2D eigenvalue weighted by atomic mass is 10.0. The number of hydrogen-bond donors (Lipinski definition) is 1. The summed E-state index contributed by atoms with van der Waals surface area (Å²) in [6.07, 6.45) is 9.43. The molecule has 3 heterocycles. The van der Waals surface area contributed by atoms with E-state index in [0.717, 1.165) is 50.9 Å². The van der Waals surface area contributed by atoms with Gasteiger partial charge in [-0.05, 0) is 70.5 Å². The molecule has 0 bridgehead atoms. The number of rotatable bonds is 8. The van der Waals surface area contributed by atoms with Crippen molar-refractivity contribution in [2.75, 3.05) is 32.7 Å². The Morgan fingerprint density at radius 1 is 1.14 bits per heavy atom. The minimum atomic E-state index is -0.470. The second-order valence-electron chi connectivity index (χ2n) is 8.53. The van der Waals surface area contributed by atoms with Crippen LogP contribution in [0.25, 0.3) is 0 Å². The summed E-state index contributed by atoms with van der Waals surface area (Å²) in [7, 11) is 0. The van der Waals surface area contributed by atoms with E-state index >= 15 is 0 Å². The highest BCUT2D eigenvalue weighted by molar-refractivity contribution is 5.90. The van der Waals surface area contributed by atoms with Crippen LogP contribution in [0.4, 0.5) is 0 Å². The highest BCUT2D eigenvalue weighted by atomic mass is 16.5. The van der Waals surface area contributed by atoms with E-state index in [1.54, 1.807) is 12.3 Å². The standard InChI is InChI=1S/C22H36N4O2/c1-17(2)26-14-9-20(10-15-26)28-19-7-12-25(13-8-19)11-3-4-18-5-6-21(22(23)27)24-16-18/h5-6,16-17,19-20H,3-4,7-15H2,1-2H3,(H2,23,27). The predicted octanol–water partition coefficient (Wildman–Crippen LogP) is 2.47. The third-order valence-electron chi connectivity index (χ3n) is 6.14. The van der Waals surface area contributed by atoms with Crippen LogP contribution in [0.3, 0.4) is 0 Å². The quantitative estimate of drug-likeness (QED) is 0.741. The highest BCUT2D eigenvalue weighted by Crippen LogP contribution is 2.22. The molecule has 0 spiro atoms. The fourth-order valence-electron chi connectivity index (χ4n) is 4.29. The van der Waals surface area contributed by atoms with Crippen LogP contribution < -0.4 is 5.73 Å². The molecule has 0 aromatic carbocycles. The summed E-state index contributed by atoms with van der Waals surface area (Å²) in [5, 5.41) is 0. The van der Waals surface area contributed by atoms with E-state index < -0.39 is 5.91 Å². The SMILES string of the molecule is CC(C)N1CCC(OC2CCN(CCCc3ccc(C(N)=O)nc3)CC2)CC1. The number of aryl methyl sites for hydroxylation is 1. The minimum Gasteiger partial charge on any atom is -0.375 e. The third-order valence-corrected chi connectivity index (χ3v) is 6.14. The molecule has 6 heteroatoms. The molecule has 0 saturated carbocycles. The number of piperidine rings is 2. The topological polar surface area (TPSA) is 71.7 Å². The van der Waals surface area contributed by atoms with E-state index in [1.165, 1.54) is 25.9 Å². The monoisotopic (exact) mass is 388 g/mol. The molecule has 0 atom stereocenters. The van der Waals surface area contributed by atoms with Gasteiger partial charge >= 0.3 is 0 Å². The second-order valence-corrected chi connectivity index (χ2v) is 8.53. The van der Waals surface area contributed by atoms with Gasteiger partial charge < -0.3 is 20.3 Å². The van der Waals surface area contributed by atoms with Gasteiger partial charge in [0.05, 0.1) is 12.2 Å². The Kier molecular flexibility index (Phi) is 7.82. The average molecular weight is 389 g/mol. The molecular formula is C22H36N4O2. The van der Waals surface area contributed by atoms with Crippen molar-refractivity contribution in [3.63, 3.8) is 0 Å². The van der Waals surface area contributed by atoms with Crippen molar-refractivity contribution in [1.82, 2.24) is 14.8 Å². The number of nitrogens with two attached hydrogens (primary N) is 1. The van der Waals surface area contributed by atoms with Gasteiger partial charge in [0.2, 0.25) is 0 Å². The zero-order valence-electron chi connectivity index (χ0n) is 17.5. The Balaban J connectivity index is 1.30. The molecule has 2 fully saturated rings. The van der Waals surface area contributed by atoms with Gasteiger partial charge in [0.25, 0.3) is 5.91 Å². The van der Waals surface area contributed by atoms with Crippen molar-refractivity contribution < 1.29 is 9.53 Å². The number of aromatic nitrogens is 1. The van der Waals surface area contributed by atoms with Crippen LogP contribution in [0, 0.1) is 0 Å². The van der Waals surface area contributed by atoms with Crippen molar-refractivity contribution in [2.45, 2.75) is 70.6 Å². The molecule has 0 radical (unpaired) electrons. The van der Waals surface area contributed by atoms with E-state index in [0.29, 0.717) is 23.9 Å². The van der Waals surface area contributed by atoms with Gasteiger partial charge in [-0.3, -0.25) is 9.78 Å². The Morgan fingerprint density at radius 2 is 1.79 bits per heavy atom. The van der Waals surface area contributed by atoms with E-state index in [2.05, 4.69) is 28.6 Å². The predicted molar refractivity (Wildman–Crippen MR) is 111 cm³/mol. The highest BCUT2D eigenvalue weighted by Gasteiger charge is 2.26. The largest absolute Gasteiger partial charge is 0.375 e. The molecule has 1 aromatic rings.